The van der Waals surface area contributed by atoms with Crippen LogP contribution in [0.15, 0.2) is 12.3 Å². The van der Waals surface area contributed by atoms with Crippen molar-refractivity contribution in [1.82, 2.24) is 15.2 Å². The third-order valence-electron chi connectivity index (χ3n) is 2.75. The van der Waals surface area contributed by atoms with E-state index in [1.165, 1.54) is 0 Å². The fourth-order valence-electron chi connectivity index (χ4n) is 1.90. The summed E-state index contributed by atoms with van der Waals surface area (Å²) < 4.78 is 0. The number of rotatable bonds is 3. The van der Waals surface area contributed by atoms with Crippen LogP contribution < -0.4 is 5.32 Å². The number of nitrogens with one attached hydrogen (secondary N) is 1. The number of aliphatic hydroxyl groups is 1. The van der Waals surface area contributed by atoms with Crippen LogP contribution in [0.3, 0.4) is 0 Å². The molecule has 0 saturated carbocycles. The van der Waals surface area contributed by atoms with Crippen molar-refractivity contribution in [3.63, 3.8) is 0 Å². The second-order valence-corrected chi connectivity index (χ2v) is 3.85. The number of β-amino-alcohol motifs (C(OH)–C–C–N with tert-alkyl or cyclic N) is 1. The Bertz CT molecular complexity index is 406. The van der Waals surface area contributed by atoms with E-state index < -0.39 is 0 Å². The first-order valence-electron chi connectivity index (χ1n) is 5.27. The molecule has 1 aliphatic rings. The molecule has 2 rings (SSSR count). The highest BCUT2D eigenvalue weighted by Crippen LogP contribution is 2.21. The summed E-state index contributed by atoms with van der Waals surface area (Å²) in [6, 6.07) is 1.82. The molecule has 0 unspecified atom stereocenters. The van der Waals surface area contributed by atoms with Crippen molar-refractivity contribution < 1.29 is 9.90 Å². The van der Waals surface area contributed by atoms with Gasteiger partial charge in [0, 0.05) is 32.9 Å². The van der Waals surface area contributed by atoms with Crippen LogP contribution in [0.5, 0.6) is 0 Å². The Hall–Kier alpha value is -1.46. The first-order chi connectivity index (χ1) is 7.74. The van der Waals surface area contributed by atoms with E-state index in [-0.39, 0.29) is 12.5 Å². The van der Waals surface area contributed by atoms with Gasteiger partial charge in [0.25, 0.3) is 5.91 Å². The number of fused-ring (bicyclic) bond motifs is 1. The number of aromatic nitrogens is 1. The zero-order valence-electron chi connectivity index (χ0n) is 9.23. The summed E-state index contributed by atoms with van der Waals surface area (Å²) in [5.74, 6) is -0.164. The topological polar surface area (TPSA) is 65.5 Å². The van der Waals surface area contributed by atoms with Gasteiger partial charge in [0.1, 0.15) is 5.69 Å². The van der Waals surface area contributed by atoms with Crippen molar-refractivity contribution in [1.29, 1.82) is 0 Å². The molecule has 0 aliphatic carbocycles. The highest BCUT2D eigenvalue weighted by Gasteiger charge is 2.20. The summed E-state index contributed by atoms with van der Waals surface area (Å²) in [5.41, 5.74) is 2.72. The lowest BCUT2D eigenvalue weighted by Gasteiger charge is -2.11. The summed E-state index contributed by atoms with van der Waals surface area (Å²) in [6.45, 7) is 2.40. The van der Waals surface area contributed by atoms with E-state index in [2.05, 4.69) is 15.2 Å². The minimum Gasteiger partial charge on any atom is -0.395 e. The molecule has 16 heavy (non-hydrogen) atoms. The van der Waals surface area contributed by atoms with Gasteiger partial charge in [-0.25, -0.2) is 0 Å². The second kappa shape index (κ2) is 4.59. The Kier molecular flexibility index (Phi) is 3.17. The number of pyridine rings is 1. The zero-order valence-corrected chi connectivity index (χ0v) is 9.23. The molecule has 5 heteroatoms. The molecule has 1 aromatic heterocycles. The zero-order chi connectivity index (χ0) is 11.5. The van der Waals surface area contributed by atoms with E-state index in [1.54, 1.807) is 13.2 Å². The Balaban J connectivity index is 2.17. The number of carbonyl (C=O) groups excluding carboxylic acids is 1. The van der Waals surface area contributed by atoms with Crippen molar-refractivity contribution in [3.8, 4) is 0 Å². The minimum absolute atomic E-state index is 0.156. The molecule has 0 radical (unpaired) electrons. The van der Waals surface area contributed by atoms with Gasteiger partial charge < -0.3 is 10.4 Å². The first-order valence-corrected chi connectivity index (χ1v) is 5.27. The number of carbonyl (C=O) groups is 1. The molecular formula is C11H15N3O2. The third kappa shape index (κ3) is 2.05. The molecule has 0 aromatic carbocycles. The molecule has 2 N–H and O–H groups in total. The lowest BCUT2D eigenvalue weighted by molar-refractivity contribution is 0.0958. The van der Waals surface area contributed by atoms with Crippen LogP contribution in [0, 0.1) is 0 Å². The lowest BCUT2D eigenvalue weighted by atomic mass is 10.1. The van der Waals surface area contributed by atoms with Crippen molar-refractivity contribution in [2.75, 3.05) is 20.2 Å². The quantitative estimate of drug-likeness (QED) is 0.738. The SMILES string of the molecule is CNC(=O)c1cc2c(cn1)CN(CCO)C2. The summed E-state index contributed by atoms with van der Waals surface area (Å²) in [7, 11) is 1.59. The molecular weight excluding hydrogens is 206 g/mol. The maximum Gasteiger partial charge on any atom is 0.269 e. The molecule has 0 bridgehead atoms. The molecule has 0 spiro atoms. The van der Waals surface area contributed by atoms with Crippen molar-refractivity contribution >= 4 is 5.91 Å². The molecule has 0 fully saturated rings. The fourth-order valence-corrected chi connectivity index (χ4v) is 1.90. The van der Waals surface area contributed by atoms with Crippen LogP contribution >= 0.6 is 0 Å². The van der Waals surface area contributed by atoms with E-state index in [0.29, 0.717) is 12.2 Å². The van der Waals surface area contributed by atoms with Crippen molar-refractivity contribution in [2.45, 2.75) is 13.1 Å². The van der Waals surface area contributed by atoms with Crippen LogP contribution in [0.25, 0.3) is 0 Å². The van der Waals surface area contributed by atoms with E-state index in [0.717, 1.165) is 24.2 Å². The predicted octanol–water partition coefficient (Wildman–Crippen LogP) is -0.251. The monoisotopic (exact) mass is 221 g/mol. The molecule has 1 amide bonds. The standard InChI is InChI=1S/C11H15N3O2/c1-12-11(16)10-4-8-6-14(2-3-15)7-9(8)5-13-10/h4-5,15H,2-3,6-7H2,1H3,(H,12,16). The summed E-state index contributed by atoms with van der Waals surface area (Å²) in [6.07, 6.45) is 1.75. The Morgan fingerprint density at radius 3 is 3.00 bits per heavy atom. The Morgan fingerprint density at radius 2 is 2.31 bits per heavy atom. The van der Waals surface area contributed by atoms with Crippen LogP contribution in [0.1, 0.15) is 21.6 Å². The number of hydrogen-bond donors (Lipinski definition) is 2. The second-order valence-electron chi connectivity index (χ2n) is 3.85. The molecule has 2 heterocycles. The molecule has 1 aliphatic heterocycles. The highest BCUT2D eigenvalue weighted by molar-refractivity contribution is 5.92. The average Bonchev–Trinajstić information content (AvgIpc) is 2.69. The van der Waals surface area contributed by atoms with Crippen molar-refractivity contribution in [3.05, 3.63) is 29.1 Å². The summed E-state index contributed by atoms with van der Waals surface area (Å²) >= 11 is 0. The minimum atomic E-state index is -0.164. The van der Waals surface area contributed by atoms with E-state index in [4.69, 9.17) is 5.11 Å². The van der Waals surface area contributed by atoms with Gasteiger partial charge in [0.2, 0.25) is 0 Å². The number of aliphatic hydroxyl groups excluding tert-OH is 1. The molecule has 86 valence electrons. The van der Waals surface area contributed by atoms with Gasteiger partial charge in [-0.05, 0) is 17.2 Å². The third-order valence-corrected chi connectivity index (χ3v) is 2.75. The maximum atomic E-state index is 11.4. The number of amides is 1. The Morgan fingerprint density at radius 1 is 1.56 bits per heavy atom. The average molecular weight is 221 g/mol. The molecule has 0 atom stereocenters. The summed E-state index contributed by atoms with van der Waals surface area (Å²) in [5, 5.41) is 11.4. The number of nitrogens with zero attached hydrogens (tertiary/aromatic N) is 2. The van der Waals surface area contributed by atoms with Gasteiger partial charge in [-0.1, -0.05) is 0 Å². The number of hydrogen-bond acceptors (Lipinski definition) is 4. The smallest absolute Gasteiger partial charge is 0.269 e. The molecule has 0 saturated heterocycles. The maximum absolute atomic E-state index is 11.4. The van der Waals surface area contributed by atoms with Gasteiger partial charge in [-0.15, -0.1) is 0 Å². The van der Waals surface area contributed by atoms with Gasteiger partial charge in [-0.3, -0.25) is 14.7 Å². The normalized spacial score (nSPS) is 14.9. The van der Waals surface area contributed by atoms with Gasteiger partial charge in [0.05, 0.1) is 6.61 Å². The first kappa shape index (κ1) is 11.0. The fraction of sp³-hybridized carbons (Fsp3) is 0.455. The van der Waals surface area contributed by atoms with Crippen LogP contribution in [0.2, 0.25) is 0 Å². The van der Waals surface area contributed by atoms with Gasteiger partial charge in [0.15, 0.2) is 0 Å². The largest absolute Gasteiger partial charge is 0.395 e. The van der Waals surface area contributed by atoms with Gasteiger partial charge >= 0.3 is 0 Å². The lowest BCUT2D eigenvalue weighted by Crippen LogP contribution is -2.20. The van der Waals surface area contributed by atoms with Crippen LogP contribution in [-0.2, 0) is 13.1 Å². The summed E-state index contributed by atoms with van der Waals surface area (Å²) in [4.78, 5) is 17.6. The van der Waals surface area contributed by atoms with Gasteiger partial charge in [-0.2, -0.15) is 0 Å². The highest BCUT2D eigenvalue weighted by atomic mass is 16.3. The predicted molar refractivity (Wildman–Crippen MR) is 58.8 cm³/mol. The van der Waals surface area contributed by atoms with E-state index >= 15 is 0 Å². The molecule has 5 nitrogen and oxygen atoms in total. The Labute approximate surface area is 94.1 Å². The van der Waals surface area contributed by atoms with Crippen LogP contribution in [0.4, 0.5) is 0 Å². The molecule has 1 aromatic rings. The van der Waals surface area contributed by atoms with E-state index in [9.17, 15) is 4.79 Å². The van der Waals surface area contributed by atoms with E-state index in [1.807, 2.05) is 6.07 Å². The van der Waals surface area contributed by atoms with Crippen LogP contribution in [-0.4, -0.2) is 41.1 Å². The van der Waals surface area contributed by atoms with Crippen molar-refractivity contribution in [2.24, 2.45) is 0 Å².